The highest BCUT2D eigenvalue weighted by molar-refractivity contribution is 5.09. The van der Waals surface area contributed by atoms with E-state index in [2.05, 4.69) is 41.5 Å². The molecule has 3 unspecified atom stereocenters. The number of rotatable bonds is 3. The zero-order chi connectivity index (χ0) is 9.52. The van der Waals surface area contributed by atoms with Crippen LogP contribution in [0, 0.1) is 29.1 Å². The van der Waals surface area contributed by atoms with Crippen LogP contribution in [0.1, 0.15) is 48.0 Å². The summed E-state index contributed by atoms with van der Waals surface area (Å²) in [6.45, 7) is 14.4. The van der Waals surface area contributed by atoms with Crippen LogP contribution in [0.5, 0.6) is 0 Å². The van der Waals surface area contributed by atoms with E-state index in [4.69, 9.17) is 0 Å². The van der Waals surface area contributed by atoms with Crippen LogP contribution in [0.4, 0.5) is 0 Å². The molecule has 0 bridgehead atoms. The Balaban J connectivity index is 2.78. The maximum absolute atomic E-state index is 2.43. The molecule has 0 saturated heterocycles. The van der Waals surface area contributed by atoms with Crippen molar-refractivity contribution in [1.82, 2.24) is 0 Å². The van der Waals surface area contributed by atoms with Crippen molar-refractivity contribution in [3.8, 4) is 0 Å². The second-order valence-electron chi connectivity index (χ2n) is 5.04. The van der Waals surface area contributed by atoms with Crippen molar-refractivity contribution in [2.75, 3.05) is 0 Å². The average Bonchev–Trinajstić information content (AvgIpc) is 2.55. The monoisotopic (exact) mass is 168 g/mol. The fraction of sp³-hybridized carbons (Fsp3) is 1.00. The van der Waals surface area contributed by atoms with E-state index in [0.717, 1.165) is 23.7 Å². The standard InChI is InChI=1S/C12H24/c1-7-9(4)12(8(2)3)10(5)11(12)6/h8-11H,7H2,1-6H3. The SMILES string of the molecule is CCC(C)C1(C(C)C)C(C)C1C. The van der Waals surface area contributed by atoms with E-state index in [1.54, 1.807) is 0 Å². The highest BCUT2D eigenvalue weighted by atomic mass is 14.7. The fourth-order valence-electron chi connectivity index (χ4n) is 3.71. The summed E-state index contributed by atoms with van der Waals surface area (Å²) in [5.41, 5.74) is 0.675. The molecule has 0 aromatic heterocycles. The van der Waals surface area contributed by atoms with Crippen LogP contribution >= 0.6 is 0 Å². The van der Waals surface area contributed by atoms with Gasteiger partial charge in [-0.2, -0.15) is 0 Å². The predicted octanol–water partition coefficient (Wildman–Crippen LogP) is 3.96. The summed E-state index contributed by atoms with van der Waals surface area (Å²) in [6.07, 6.45) is 1.34. The predicted molar refractivity (Wildman–Crippen MR) is 55.1 cm³/mol. The summed E-state index contributed by atoms with van der Waals surface area (Å²) in [6, 6.07) is 0. The molecule has 0 aromatic rings. The van der Waals surface area contributed by atoms with Crippen molar-refractivity contribution < 1.29 is 0 Å². The van der Waals surface area contributed by atoms with Crippen molar-refractivity contribution >= 4 is 0 Å². The van der Waals surface area contributed by atoms with Gasteiger partial charge in [0.1, 0.15) is 0 Å². The third-order valence-corrected chi connectivity index (χ3v) is 4.68. The van der Waals surface area contributed by atoms with Crippen LogP contribution in [0.25, 0.3) is 0 Å². The quantitative estimate of drug-likeness (QED) is 0.598. The Morgan fingerprint density at radius 1 is 1.08 bits per heavy atom. The van der Waals surface area contributed by atoms with Gasteiger partial charge in [-0.1, -0.05) is 48.0 Å². The summed E-state index contributed by atoms with van der Waals surface area (Å²) in [5.74, 6) is 3.67. The summed E-state index contributed by atoms with van der Waals surface area (Å²) in [7, 11) is 0. The Labute approximate surface area is 77.7 Å². The first-order chi connectivity index (χ1) is 5.49. The molecule has 0 spiro atoms. The lowest BCUT2D eigenvalue weighted by Crippen LogP contribution is -2.22. The Hall–Kier alpha value is 0. The molecule has 0 amide bonds. The van der Waals surface area contributed by atoms with E-state index in [0.29, 0.717) is 5.41 Å². The van der Waals surface area contributed by atoms with Gasteiger partial charge in [-0.15, -0.1) is 0 Å². The van der Waals surface area contributed by atoms with Crippen LogP contribution in [-0.4, -0.2) is 0 Å². The Kier molecular flexibility index (Phi) is 2.56. The maximum Gasteiger partial charge on any atom is -0.0192 e. The van der Waals surface area contributed by atoms with Gasteiger partial charge in [-0.05, 0) is 29.1 Å². The van der Waals surface area contributed by atoms with E-state index in [1.807, 2.05) is 0 Å². The fourth-order valence-corrected chi connectivity index (χ4v) is 3.71. The Morgan fingerprint density at radius 3 is 1.58 bits per heavy atom. The first-order valence-corrected chi connectivity index (χ1v) is 5.49. The molecule has 0 aromatic carbocycles. The van der Waals surface area contributed by atoms with Crippen LogP contribution in [0.2, 0.25) is 0 Å². The van der Waals surface area contributed by atoms with E-state index >= 15 is 0 Å². The van der Waals surface area contributed by atoms with Crippen molar-refractivity contribution in [3.05, 3.63) is 0 Å². The summed E-state index contributed by atoms with van der Waals surface area (Å²) in [5, 5.41) is 0. The Bertz CT molecular complexity index is 140. The van der Waals surface area contributed by atoms with Crippen LogP contribution < -0.4 is 0 Å². The maximum atomic E-state index is 2.43. The second-order valence-corrected chi connectivity index (χ2v) is 5.04. The van der Waals surface area contributed by atoms with Gasteiger partial charge in [0.05, 0.1) is 0 Å². The molecule has 1 aliphatic rings. The second kappa shape index (κ2) is 3.05. The first kappa shape index (κ1) is 10.1. The Morgan fingerprint density at radius 2 is 1.50 bits per heavy atom. The highest BCUT2D eigenvalue weighted by Crippen LogP contribution is 2.67. The van der Waals surface area contributed by atoms with E-state index < -0.39 is 0 Å². The molecule has 12 heavy (non-hydrogen) atoms. The minimum atomic E-state index is 0.675. The third-order valence-electron chi connectivity index (χ3n) is 4.68. The summed E-state index contributed by atoms with van der Waals surface area (Å²) < 4.78 is 0. The molecule has 0 nitrogen and oxygen atoms in total. The average molecular weight is 168 g/mol. The first-order valence-electron chi connectivity index (χ1n) is 5.49. The van der Waals surface area contributed by atoms with E-state index in [-0.39, 0.29) is 0 Å². The number of hydrogen-bond acceptors (Lipinski definition) is 0. The van der Waals surface area contributed by atoms with Crippen molar-refractivity contribution in [1.29, 1.82) is 0 Å². The molecular formula is C12H24. The van der Waals surface area contributed by atoms with Gasteiger partial charge >= 0.3 is 0 Å². The van der Waals surface area contributed by atoms with E-state index in [9.17, 15) is 0 Å². The zero-order valence-corrected chi connectivity index (χ0v) is 9.52. The van der Waals surface area contributed by atoms with Crippen LogP contribution in [-0.2, 0) is 0 Å². The molecule has 0 aliphatic heterocycles. The lowest BCUT2D eigenvalue weighted by molar-refractivity contribution is 0.199. The van der Waals surface area contributed by atoms with Gasteiger partial charge in [0, 0.05) is 0 Å². The van der Waals surface area contributed by atoms with Crippen LogP contribution in [0.3, 0.4) is 0 Å². The normalized spacial score (nSPS) is 43.2. The molecule has 0 N–H and O–H groups in total. The molecule has 0 radical (unpaired) electrons. The topological polar surface area (TPSA) is 0 Å². The molecule has 3 atom stereocenters. The third kappa shape index (κ3) is 1.03. The van der Waals surface area contributed by atoms with Gasteiger partial charge in [-0.25, -0.2) is 0 Å². The van der Waals surface area contributed by atoms with E-state index in [1.165, 1.54) is 6.42 Å². The van der Waals surface area contributed by atoms with Gasteiger partial charge in [0.15, 0.2) is 0 Å². The molecule has 72 valence electrons. The van der Waals surface area contributed by atoms with Gasteiger partial charge in [0.2, 0.25) is 0 Å². The molecule has 1 fully saturated rings. The molecule has 1 aliphatic carbocycles. The van der Waals surface area contributed by atoms with Crippen LogP contribution in [0.15, 0.2) is 0 Å². The van der Waals surface area contributed by atoms with Gasteiger partial charge in [0.25, 0.3) is 0 Å². The van der Waals surface area contributed by atoms with Crippen molar-refractivity contribution in [2.45, 2.75) is 48.0 Å². The van der Waals surface area contributed by atoms with Gasteiger partial charge in [-0.3, -0.25) is 0 Å². The van der Waals surface area contributed by atoms with Crippen molar-refractivity contribution in [2.24, 2.45) is 29.1 Å². The van der Waals surface area contributed by atoms with Gasteiger partial charge < -0.3 is 0 Å². The molecular weight excluding hydrogens is 144 g/mol. The minimum absolute atomic E-state index is 0.675. The molecule has 1 rings (SSSR count). The largest absolute Gasteiger partial charge is 0.0651 e. The van der Waals surface area contributed by atoms with Crippen molar-refractivity contribution in [3.63, 3.8) is 0 Å². The molecule has 0 heterocycles. The minimum Gasteiger partial charge on any atom is -0.0651 e. The zero-order valence-electron chi connectivity index (χ0n) is 9.52. The molecule has 1 saturated carbocycles. The smallest absolute Gasteiger partial charge is 0.0192 e. The number of hydrogen-bond donors (Lipinski definition) is 0. The summed E-state index contributed by atoms with van der Waals surface area (Å²) in [4.78, 5) is 0. The lowest BCUT2D eigenvalue weighted by atomic mass is 9.76. The lowest BCUT2D eigenvalue weighted by Gasteiger charge is -2.28. The summed E-state index contributed by atoms with van der Waals surface area (Å²) >= 11 is 0. The molecule has 0 heteroatoms. The highest BCUT2D eigenvalue weighted by Gasteiger charge is 2.62.